The first-order chi connectivity index (χ1) is 9.72. The largest absolute Gasteiger partial charge is 0.348 e. The smallest absolute Gasteiger partial charge is 0.251 e. The Morgan fingerprint density at radius 1 is 1.10 bits per heavy atom. The third-order valence-corrected chi connectivity index (χ3v) is 3.99. The van der Waals surface area contributed by atoms with Crippen LogP contribution in [0.2, 0.25) is 0 Å². The topological polar surface area (TPSA) is 41.1 Å². The molecule has 0 unspecified atom stereocenters. The predicted molar refractivity (Wildman–Crippen MR) is 82.3 cm³/mol. The van der Waals surface area contributed by atoms with Crippen LogP contribution < -0.4 is 10.6 Å². The van der Waals surface area contributed by atoms with Gasteiger partial charge in [-0.15, -0.1) is 0 Å². The Balaban J connectivity index is 1.64. The lowest BCUT2D eigenvalue weighted by Crippen LogP contribution is -2.22. The standard InChI is InChI=1S/C16H15BrN2O/c17-15-5-3-12(4-6-15)16(20)19-8-11-1-2-13-9-18-10-14(13)7-11/h1-7,18H,8-10H2,(H,19,20). The molecule has 0 fully saturated rings. The molecule has 20 heavy (non-hydrogen) atoms. The van der Waals surface area contributed by atoms with Gasteiger partial charge in [-0.1, -0.05) is 34.1 Å². The van der Waals surface area contributed by atoms with Gasteiger partial charge in [-0.25, -0.2) is 0 Å². The summed E-state index contributed by atoms with van der Waals surface area (Å²) in [4.78, 5) is 12.0. The van der Waals surface area contributed by atoms with Crippen molar-refractivity contribution in [3.63, 3.8) is 0 Å². The highest BCUT2D eigenvalue weighted by atomic mass is 79.9. The Morgan fingerprint density at radius 3 is 2.65 bits per heavy atom. The molecule has 0 aliphatic carbocycles. The molecule has 2 aromatic carbocycles. The van der Waals surface area contributed by atoms with Crippen LogP contribution >= 0.6 is 15.9 Å². The molecular weight excluding hydrogens is 316 g/mol. The Bertz CT molecular complexity index is 637. The van der Waals surface area contributed by atoms with Crippen molar-refractivity contribution in [2.75, 3.05) is 0 Å². The maximum atomic E-state index is 12.0. The normalized spacial score (nSPS) is 13.1. The van der Waals surface area contributed by atoms with Gasteiger partial charge in [-0.2, -0.15) is 0 Å². The average molecular weight is 331 g/mol. The quantitative estimate of drug-likeness (QED) is 0.908. The highest BCUT2D eigenvalue weighted by Gasteiger charge is 2.10. The van der Waals surface area contributed by atoms with E-state index in [1.807, 2.05) is 24.3 Å². The lowest BCUT2D eigenvalue weighted by molar-refractivity contribution is 0.0951. The third-order valence-electron chi connectivity index (χ3n) is 3.46. The lowest BCUT2D eigenvalue weighted by Gasteiger charge is -2.07. The molecule has 3 rings (SSSR count). The van der Waals surface area contributed by atoms with Gasteiger partial charge in [0.25, 0.3) is 5.91 Å². The SMILES string of the molecule is O=C(NCc1ccc2c(c1)CNC2)c1ccc(Br)cc1. The molecule has 1 aliphatic heterocycles. The molecule has 0 atom stereocenters. The zero-order chi connectivity index (χ0) is 13.9. The second kappa shape index (κ2) is 5.77. The second-order valence-corrected chi connectivity index (χ2v) is 5.81. The summed E-state index contributed by atoms with van der Waals surface area (Å²) in [7, 11) is 0. The molecule has 0 spiro atoms. The van der Waals surface area contributed by atoms with E-state index < -0.39 is 0 Å². The zero-order valence-electron chi connectivity index (χ0n) is 10.9. The maximum Gasteiger partial charge on any atom is 0.251 e. The van der Waals surface area contributed by atoms with E-state index in [1.54, 1.807) is 0 Å². The number of carbonyl (C=O) groups excluding carboxylic acids is 1. The van der Waals surface area contributed by atoms with Gasteiger partial charge >= 0.3 is 0 Å². The Labute approximate surface area is 126 Å². The van der Waals surface area contributed by atoms with E-state index in [4.69, 9.17) is 0 Å². The molecule has 0 aromatic heterocycles. The summed E-state index contributed by atoms with van der Waals surface area (Å²) >= 11 is 3.36. The van der Waals surface area contributed by atoms with Crippen molar-refractivity contribution in [1.82, 2.24) is 10.6 Å². The van der Waals surface area contributed by atoms with E-state index in [1.165, 1.54) is 11.1 Å². The van der Waals surface area contributed by atoms with E-state index in [2.05, 4.69) is 44.8 Å². The minimum Gasteiger partial charge on any atom is -0.348 e. The fraction of sp³-hybridized carbons (Fsp3) is 0.188. The van der Waals surface area contributed by atoms with E-state index in [0.717, 1.165) is 23.1 Å². The van der Waals surface area contributed by atoms with Crippen LogP contribution in [-0.2, 0) is 19.6 Å². The monoisotopic (exact) mass is 330 g/mol. The number of rotatable bonds is 3. The van der Waals surface area contributed by atoms with Crippen molar-refractivity contribution in [2.24, 2.45) is 0 Å². The van der Waals surface area contributed by atoms with Crippen molar-refractivity contribution in [3.05, 3.63) is 69.2 Å². The molecule has 102 valence electrons. The van der Waals surface area contributed by atoms with Crippen LogP contribution in [0.1, 0.15) is 27.0 Å². The van der Waals surface area contributed by atoms with E-state index in [-0.39, 0.29) is 5.91 Å². The van der Waals surface area contributed by atoms with E-state index in [0.29, 0.717) is 12.1 Å². The summed E-state index contributed by atoms with van der Waals surface area (Å²) in [5.74, 6) is -0.0453. The van der Waals surface area contributed by atoms with Gasteiger partial charge in [0, 0.05) is 29.7 Å². The van der Waals surface area contributed by atoms with Gasteiger partial charge in [0.1, 0.15) is 0 Å². The Hall–Kier alpha value is -1.65. The van der Waals surface area contributed by atoms with Gasteiger partial charge in [-0.3, -0.25) is 4.79 Å². The maximum absolute atomic E-state index is 12.0. The number of fused-ring (bicyclic) bond motifs is 1. The highest BCUT2D eigenvalue weighted by Crippen LogP contribution is 2.17. The van der Waals surface area contributed by atoms with Crippen LogP contribution in [0.4, 0.5) is 0 Å². The fourth-order valence-corrected chi connectivity index (χ4v) is 2.61. The molecule has 0 saturated carbocycles. The second-order valence-electron chi connectivity index (χ2n) is 4.90. The van der Waals surface area contributed by atoms with Crippen LogP contribution in [-0.4, -0.2) is 5.91 Å². The van der Waals surface area contributed by atoms with Crippen LogP contribution in [0, 0.1) is 0 Å². The lowest BCUT2D eigenvalue weighted by atomic mass is 10.1. The third kappa shape index (κ3) is 2.92. The Morgan fingerprint density at radius 2 is 1.85 bits per heavy atom. The molecule has 0 bridgehead atoms. The van der Waals surface area contributed by atoms with Crippen molar-refractivity contribution in [2.45, 2.75) is 19.6 Å². The summed E-state index contributed by atoms with van der Waals surface area (Å²) in [5.41, 5.74) is 4.50. The van der Waals surface area contributed by atoms with Gasteiger partial charge in [0.15, 0.2) is 0 Å². The minimum atomic E-state index is -0.0453. The first-order valence-corrected chi connectivity index (χ1v) is 7.37. The summed E-state index contributed by atoms with van der Waals surface area (Å²) in [6.07, 6.45) is 0. The van der Waals surface area contributed by atoms with Crippen LogP contribution in [0.3, 0.4) is 0 Å². The number of halogens is 1. The van der Waals surface area contributed by atoms with Gasteiger partial charge in [-0.05, 0) is 41.0 Å². The molecular formula is C16H15BrN2O. The minimum absolute atomic E-state index is 0.0453. The molecule has 1 heterocycles. The van der Waals surface area contributed by atoms with Crippen LogP contribution in [0.5, 0.6) is 0 Å². The predicted octanol–water partition coefficient (Wildman–Crippen LogP) is 2.98. The van der Waals surface area contributed by atoms with E-state index >= 15 is 0 Å². The van der Waals surface area contributed by atoms with Gasteiger partial charge in [0.2, 0.25) is 0 Å². The van der Waals surface area contributed by atoms with E-state index in [9.17, 15) is 4.79 Å². The summed E-state index contributed by atoms with van der Waals surface area (Å²) < 4.78 is 0.972. The highest BCUT2D eigenvalue weighted by molar-refractivity contribution is 9.10. The number of benzene rings is 2. The van der Waals surface area contributed by atoms with Crippen molar-refractivity contribution in [3.8, 4) is 0 Å². The fourth-order valence-electron chi connectivity index (χ4n) is 2.34. The molecule has 0 saturated heterocycles. The molecule has 3 nitrogen and oxygen atoms in total. The van der Waals surface area contributed by atoms with Crippen molar-refractivity contribution in [1.29, 1.82) is 0 Å². The number of hydrogen-bond acceptors (Lipinski definition) is 2. The molecule has 0 radical (unpaired) electrons. The average Bonchev–Trinajstić information content (AvgIpc) is 2.93. The molecule has 2 N–H and O–H groups in total. The number of nitrogens with one attached hydrogen (secondary N) is 2. The molecule has 1 amide bonds. The van der Waals surface area contributed by atoms with Gasteiger partial charge < -0.3 is 10.6 Å². The number of amides is 1. The number of carbonyl (C=O) groups is 1. The Kier molecular flexibility index (Phi) is 3.85. The molecule has 2 aromatic rings. The summed E-state index contributed by atoms with van der Waals surface area (Å²) in [6, 6.07) is 13.7. The first kappa shape index (κ1) is 13.3. The van der Waals surface area contributed by atoms with Gasteiger partial charge in [0.05, 0.1) is 0 Å². The molecule has 4 heteroatoms. The van der Waals surface area contributed by atoms with Crippen molar-refractivity contribution < 1.29 is 4.79 Å². The first-order valence-electron chi connectivity index (χ1n) is 6.57. The summed E-state index contributed by atoms with van der Waals surface area (Å²) in [5, 5.41) is 6.27. The number of hydrogen-bond donors (Lipinski definition) is 2. The van der Waals surface area contributed by atoms with Crippen molar-refractivity contribution >= 4 is 21.8 Å². The summed E-state index contributed by atoms with van der Waals surface area (Å²) in [6.45, 7) is 2.42. The zero-order valence-corrected chi connectivity index (χ0v) is 12.5. The molecule has 1 aliphatic rings. The van der Waals surface area contributed by atoms with Crippen LogP contribution in [0.25, 0.3) is 0 Å². The van der Waals surface area contributed by atoms with Crippen LogP contribution in [0.15, 0.2) is 46.9 Å².